The van der Waals surface area contributed by atoms with Gasteiger partial charge in [-0.3, -0.25) is 14.9 Å². The molecule has 4 atom stereocenters. The Morgan fingerprint density at radius 1 is 1.31 bits per heavy atom. The molecular weight excluding hydrogens is 424 g/mol. The molecule has 1 aromatic carbocycles. The van der Waals surface area contributed by atoms with E-state index in [1.165, 1.54) is 0 Å². The van der Waals surface area contributed by atoms with Crippen molar-refractivity contribution in [2.75, 3.05) is 6.54 Å². The van der Waals surface area contributed by atoms with Gasteiger partial charge in [0.05, 0.1) is 28.3 Å². The van der Waals surface area contributed by atoms with Crippen molar-refractivity contribution in [1.29, 1.82) is 0 Å². The first-order valence-corrected chi connectivity index (χ1v) is 11.9. The SMILES string of the molecule is Cc1ncsc1-c1ccc(C(C)N[C@@H]2C[C@H](CC(=O)O)CN2C(=O)C(N)C(C)(C)C)cc1. The first kappa shape index (κ1) is 24.4. The van der Waals surface area contributed by atoms with Gasteiger partial charge in [-0.2, -0.15) is 0 Å². The summed E-state index contributed by atoms with van der Waals surface area (Å²) in [6.07, 6.45) is 0.389. The van der Waals surface area contributed by atoms with Crippen LogP contribution in [0.5, 0.6) is 0 Å². The maximum atomic E-state index is 13.2. The molecular formula is C24H34N4O3S. The third-order valence-corrected chi connectivity index (χ3v) is 7.17. The second-order valence-corrected chi connectivity index (χ2v) is 10.7. The van der Waals surface area contributed by atoms with E-state index in [0.717, 1.165) is 21.7 Å². The highest BCUT2D eigenvalue weighted by Crippen LogP contribution is 2.31. The van der Waals surface area contributed by atoms with E-state index in [1.54, 1.807) is 16.2 Å². The summed E-state index contributed by atoms with van der Waals surface area (Å²) >= 11 is 1.63. The number of hydrogen-bond donors (Lipinski definition) is 3. The van der Waals surface area contributed by atoms with Gasteiger partial charge in [-0.15, -0.1) is 11.3 Å². The molecule has 0 saturated carbocycles. The van der Waals surface area contributed by atoms with Crippen LogP contribution in [0.4, 0.5) is 0 Å². The molecule has 2 aromatic rings. The van der Waals surface area contributed by atoms with Gasteiger partial charge in [-0.05, 0) is 42.7 Å². The van der Waals surface area contributed by atoms with E-state index in [0.29, 0.717) is 13.0 Å². The fourth-order valence-corrected chi connectivity index (χ4v) is 4.97. The molecule has 4 N–H and O–H groups in total. The molecule has 1 amide bonds. The third kappa shape index (κ3) is 5.54. The van der Waals surface area contributed by atoms with Gasteiger partial charge in [-0.1, -0.05) is 45.0 Å². The highest BCUT2D eigenvalue weighted by Gasteiger charge is 2.41. The first-order chi connectivity index (χ1) is 15.0. The predicted molar refractivity (Wildman–Crippen MR) is 127 cm³/mol. The predicted octanol–water partition coefficient (Wildman–Crippen LogP) is 3.79. The zero-order valence-electron chi connectivity index (χ0n) is 19.5. The molecule has 1 fully saturated rings. The minimum atomic E-state index is -0.842. The lowest BCUT2D eigenvalue weighted by molar-refractivity contribution is -0.139. The summed E-state index contributed by atoms with van der Waals surface area (Å²) < 4.78 is 0. The van der Waals surface area contributed by atoms with E-state index >= 15 is 0 Å². The number of benzene rings is 1. The van der Waals surface area contributed by atoms with Crippen LogP contribution in [0, 0.1) is 18.3 Å². The average Bonchev–Trinajstić information content (AvgIpc) is 3.31. The number of amides is 1. The van der Waals surface area contributed by atoms with Gasteiger partial charge in [0, 0.05) is 19.0 Å². The van der Waals surface area contributed by atoms with Gasteiger partial charge >= 0.3 is 5.97 Å². The number of carbonyl (C=O) groups is 2. The highest BCUT2D eigenvalue weighted by molar-refractivity contribution is 7.13. The van der Waals surface area contributed by atoms with Gasteiger partial charge < -0.3 is 15.7 Å². The lowest BCUT2D eigenvalue weighted by Crippen LogP contribution is -2.55. The maximum Gasteiger partial charge on any atom is 0.303 e. The molecule has 0 bridgehead atoms. The standard InChI is InChI=1S/C24H34N4O3S/c1-14(17-6-8-18(9-7-17)21-15(2)26-13-32-21)27-19-10-16(11-20(29)30)12-28(19)23(31)22(25)24(3,4)5/h6-9,13-14,16,19,22,27H,10-12,25H2,1-5H3,(H,29,30)/t14?,16-,19+,22?/m1/s1. The lowest BCUT2D eigenvalue weighted by Gasteiger charge is -2.34. The number of likely N-dealkylation sites (tertiary alicyclic amines) is 1. The van der Waals surface area contributed by atoms with Crippen molar-refractivity contribution in [3.63, 3.8) is 0 Å². The Morgan fingerprint density at radius 2 is 1.97 bits per heavy atom. The number of carbonyl (C=O) groups excluding carboxylic acids is 1. The van der Waals surface area contributed by atoms with Crippen molar-refractivity contribution in [1.82, 2.24) is 15.2 Å². The van der Waals surface area contributed by atoms with Crippen LogP contribution in [-0.4, -0.2) is 45.6 Å². The topological polar surface area (TPSA) is 109 Å². The van der Waals surface area contributed by atoms with Gasteiger partial charge in [0.2, 0.25) is 5.91 Å². The summed E-state index contributed by atoms with van der Waals surface area (Å²) in [4.78, 5) is 31.7. The molecule has 7 nitrogen and oxygen atoms in total. The Hall–Kier alpha value is -2.29. The molecule has 1 aliphatic heterocycles. The molecule has 3 rings (SSSR count). The number of carboxylic acid groups (broad SMARTS) is 1. The van der Waals surface area contributed by atoms with Crippen LogP contribution in [-0.2, 0) is 9.59 Å². The summed E-state index contributed by atoms with van der Waals surface area (Å²) in [5.41, 5.74) is 11.0. The fraction of sp³-hybridized carbons (Fsp3) is 0.542. The molecule has 1 saturated heterocycles. The second-order valence-electron chi connectivity index (χ2n) is 9.83. The van der Waals surface area contributed by atoms with E-state index in [1.807, 2.05) is 33.2 Å². The fourth-order valence-electron chi connectivity index (χ4n) is 4.16. The quantitative estimate of drug-likeness (QED) is 0.582. The first-order valence-electron chi connectivity index (χ1n) is 11.0. The van der Waals surface area contributed by atoms with Crippen LogP contribution in [0.15, 0.2) is 29.8 Å². The summed E-state index contributed by atoms with van der Waals surface area (Å²) in [6, 6.07) is 7.70. The van der Waals surface area contributed by atoms with Gasteiger partial charge in [0.15, 0.2) is 0 Å². The molecule has 1 aromatic heterocycles. The number of nitrogens with one attached hydrogen (secondary N) is 1. The van der Waals surface area contributed by atoms with Crippen LogP contribution in [0.25, 0.3) is 10.4 Å². The highest BCUT2D eigenvalue weighted by atomic mass is 32.1. The zero-order chi connectivity index (χ0) is 23.6. The van der Waals surface area contributed by atoms with E-state index < -0.39 is 12.0 Å². The van der Waals surface area contributed by atoms with Crippen LogP contribution in [0.3, 0.4) is 0 Å². The van der Waals surface area contributed by atoms with Gasteiger partial charge in [-0.25, -0.2) is 4.98 Å². The number of aryl methyl sites for hydroxylation is 1. The maximum absolute atomic E-state index is 13.2. The summed E-state index contributed by atoms with van der Waals surface area (Å²) in [6.45, 7) is 10.3. The Morgan fingerprint density at radius 3 is 2.50 bits per heavy atom. The van der Waals surface area contributed by atoms with Gasteiger partial charge in [0.1, 0.15) is 0 Å². The number of rotatable bonds is 7. The molecule has 174 valence electrons. The number of aliphatic carboxylic acids is 1. The minimum Gasteiger partial charge on any atom is -0.481 e. The molecule has 0 spiro atoms. The molecule has 0 radical (unpaired) electrons. The van der Waals surface area contributed by atoms with Crippen LogP contribution in [0.1, 0.15) is 57.8 Å². The van der Waals surface area contributed by atoms with Crippen molar-refractivity contribution in [2.24, 2.45) is 17.1 Å². The molecule has 8 heteroatoms. The van der Waals surface area contributed by atoms with Crippen molar-refractivity contribution in [3.8, 4) is 10.4 Å². The van der Waals surface area contributed by atoms with E-state index in [2.05, 4.69) is 41.5 Å². The summed E-state index contributed by atoms with van der Waals surface area (Å²) in [7, 11) is 0. The number of thiazole rings is 1. The van der Waals surface area contributed by atoms with E-state index in [4.69, 9.17) is 5.73 Å². The van der Waals surface area contributed by atoms with Crippen LogP contribution in [0.2, 0.25) is 0 Å². The largest absolute Gasteiger partial charge is 0.481 e. The van der Waals surface area contributed by atoms with Crippen LogP contribution >= 0.6 is 11.3 Å². The number of carboxylic acids is 1. The zero-order valence-corrected chi connectivity index (χ0v) is 20.3. The monoisotopic (exact) mass is 458 g/mol. The second kappa shape index (κ2) is 9.68. The number of aromatic nitrogens is 1. The van der Waals surface area contributed by atoms with Crippen molar-refractivity contribution < 1.29 is 14.7 Å². The number of nitrogens with two attached hydrogens (primary N) is 1. The van der Waals surface area contributed by atoms with Crippen molar-refractivity contribution in [3.05, 3.63) is 41.0 Å². The molecule has 2 heterocycles. The molecule has 0 aliphatic carbocycles. The lowest BCUT2D eigenvalue weighted by atomic mass is 9.86. The Balaban J connectivity index is 1.75. The average molecular weight is 459 g/mol. The number of nitrogens with zero attached hydrogens (tertiary/aromatic N) is 2. The van der Waals surface area contributed by atoms with Gasteiger partial charge in [0.25, 0.3) is 0 Å². The van der Waals surface area contributed by atoms with E-state index in [9.17, 15) is 14.7 Å². The van der Waals surface area contributed by atoms with Crippen molar-refractivity contribution >= 4 is 23.2 Å². The summed E-state index contributed by atoms with van der Waals surface area (Å²) in [5.74, 6) is -1.07. The molecule has 1 aliphatic rings. The third-order valence-electron chi connectivity index (χ3n) is 6.19. The molecule has 32 heavy (non-hydrogen) atoms. The van der Waals surface area contributed by atoms with E-state index in [-0.39, 0.29) is 35.9 Å². The smallest absolute Gasteiger partial charge is 0.303 e. The molecule has 2 unspecified atom stereocenters. The normalized spacial score (nSPS) is 20.9. The summed E-state index contributed by atoms with van der Waals surface area (Å²) in [5, 5.41) is 12.8. The van der Waals surface area contributed by atoms with Crippen LogP contribution < -0.4 is 11.1 Å². The number of hydrogen-bond acceptors (Lipinski definition) is 6. The van der Waals surface area contributed by atoms with Crippen molar-refractivity contribution in [2.45, 2.75) is 65.7 Å². The minimum absolute atomic E-state index is 0.0126. The Labute approximate surface area is 194 Å². The Bertz CT molecular complexity index is 951. The Kier molecular flexibility index (Phi) is 7.37.